The van der Waals surface area contributed by atoms with E-state index in [0.717, 1.165) is 41.6 Å². The Labute approximate surface area is 185 Å². The van der Waals surface area contributed by atoms with Gasteiger partial charge in [0.15, 0.2) is 5.78 Å². The monoisotopic (exact) mass is 468 g/mol. The van der Waals surface area contributed by atoms with Crippen molar-refractivity contribution in [3.05, 3.63) is 101 Å². The molecule has 3 aromatic rings. The Morgan fingerprint density at radius 2 is 1.41 bits per heavy atom. The molecule has 0 N–H and O–H groups in total. The molecule has 168 valence electrons. The summed E-state index contributed by atoms with van der Waals surface area (Å²) in [6.07, 6.45) is -9.13. The third kappa shape index (κ3) is 6.16. The van der Waals surface area contributed by atoms with Crippen LogP contribution in [0.25, 0.3) is 0 Å². The maximum atomic E-state index is 13.1. The first-order valence-corrected chi connectivity index (χ1v) is 10.4. The zero-order valence-electron chi connectivity index (χ0n) is 16.8. The van der Waals surface area contributed by atoms with Crippen molar-refractivity contribution in [2.24, 2.45) is 0 Å². The van der Waals surface area contributed by atoms with Crippen molar-refractivity contribution in [3.63, 3.8) is 0 Å². The maximum Gasteiger partial charge on any atom is 0.416 e. The summed E-state index contributed by atoms with van der Waals surface area (Å²) in [6, 6.07) is 15.8. The molecule has 0 aliphatic heterocycles. The number of hydrogen-bond donors (Lipinski definition) is 0. The Kier molecular flexibility index (Phi) is 7.03. The molecular formula is C24H18F6OS. The first kappa shape index (κ1) is 23.9. The van der Waals surface area contributed by atoms with Gasteiger partial charge in [0.25, 0.3) is 0 Å². The van der Waals surface area contributed by atoms with Gasteiger partial charge < -0.3 is 0 Å². The first-order chi connectivity index (χ1) is 14.9. The van der Waals surface area contributed by atoms with Crippen LogP contribution in [0.2, 0.25) is 0 Å². The number of rotatable bonds is 6. The number of thioether (sulfide) groups is 1. The van der Waals surface area contributed by atoms with Crippen LogP contribution >= 0.6 is 11.8 Å². The van der Waals surface area contributed by atoms with E-state index in [1.54, 1.807) is 24.3 Å². The van der Waals surface area contributed by atoms with Crippen LogP contribution in [0.4, 0.5) is 26.3 Å². The molecule has 0 saturated heterocycles. The molecule has 0 aromatic heterocycles. The summed E-state index contributed by atoms with van der Waals surface area (Å²) < 4.78 is 78.0. The molecule has 0 bridgehead atoms. The second-order valence-electron chi connectivity index (χ2n) is 7.25. The van der Waals surface area contributed by atoms with E-state index in [9.17, 15) is 31.1 Å². The molecule has 0 fully saturated rings. The number of hydrogen-bond acceptors (Lipinski definition) is 2. The van der Waals surface area contributed by atoms with Crippen molar-refractivity contribution in [1.29, 1.82) is 0 Å². The minimum atomic E-state index is -4.53. The second kappa shape index (κ2) is 9.40. The molecule has 1 atom stereocenters. The van der Waals surface area contributed by atoms with Crippen LogP contribution in [0.1, 0.15) is 44.3 Å². The Morgan fingerprint density at radius 3 is 1.97 bits per heavy atom. The lowest BCUT2D eigenvalue weighted by molar-refractivity contribution is -0.138. The van der Waals surface area contributed by atoms with Crippen molar-refractivity contribution in [1.82, 2.24) is 0 Å². The van der Waals surface area contributed by atoms with Crippen LogP contribution in [-0.4, -0.2) is 5.78 Å². The van der Waals surface area contributed by atoms with E-state index in [2.05, 4.69) is 0 Å². The van der Waals surface area contributed by atoms with Crippen LogP contribution in [-0.2, 0) is 12.4 Å². The molecule has 1 unspecified atom stereocenters. The van der Waals surface area contributed by atoms with Crippen LogP contribution < -0.4 is 0 Å². The van der Waals surface area contributed by atoms with E-state index in [1.165, 1.54) is 24.3 Å². The number of alkyl halides is 6. The predicted molar refractivity (Wildman–Crippen MR) is 112 cm³/mol. The summed E-state index contributed by atoms with van der Waals surface area (Å²) in [7, 11) is 0. The fourth-order valence-corrected chi connectivity index (χ4v) is 4.26. The summed E-state index contributed by atoms with van der Waals surface area (Å²) in [5.41, 5.74) is 0.129. The Hall–Kier alpha value is -2.74. The van der Waals surface area contributed by atoms with E-state index in [0.29, 0.717) is 11.1 Å². The summed E-state index contributed by atoms with van der Waals surface area (Å²) >= 11 is 1.01. The third-order valence-corrected chi connectivity index (χ3v) is 6.04. The van der Waals surface area contributed by atoms with Gasteiger partial charge in [-0.25, -0.2) is 0 Å². The Balaban J connectivity index is 1.92. The van der Waals surface area contributed by atoms with E-state index in [1.807, 2.05) is 6.92 Å². The molecule has 0 aliphatic rings. The largest absolute Gasteiger partial charge is 0.416 e. The number of carbonyl (C=O) groups excluding carboxylic acids is 1. The molecule has 1 nitrogen and oxygen atoms in total. The number of aryl methyl sites for hydroxylation is 1. The van der Waals surface area contributed by atoms with Gasteiger partial charge >= 0.3 is 12.4 Å². The van der Waals surface area contributed by atoms with Gasteiger partial charge in [-0.15, -0.1) is 11.8 Å². The van der Waals surface area contributed by atoms with Gasteiger partial charge in [-0.05, 0) is 42.8 Å². The lowest BCUT2D eigenvalue weighted by Crippen LogP contribution is -2.08. The number of carbonyl (C=O) groups is 1. The van der Waals surface area contributed by atoms with Crippen molar-refractivity contribution in [2.75, 3.05) is 0 Å². The maximum absolute atomic E-state index is 13.1. The molecule has 0 saturated carbocycles. The van der Waals surface area contributed by atoms with Gasteiger partial charge in [-0.1, -0.05) is 48.0 Å². The highest BCUT2D eigenvalue weighted by Crippen LogP contribution is 2.41. The highest BCUT2D eigenvalue weighted by atomic mass is 32.2. The number of Topliss-reactive ketones (excluding diaryl/α,β-unsaturated/α-hetero) is 1. The van der Waals surface area contributed by atoms with E-state index < -0.39 is 28.7 Å². The van der Waals surface area contributed by atoms with Gasteiger partial charge in [0.2, 0.25) is 0 Å². The number of halogens is 6. The van der Waals surface area contributed by atoms with Gasteiger partial charge in [-0.2, -0.15) is 26.3 Å². The van der Waals surface area contributed by atoms with Crippen LogP contribution in [0.5, 0.6) is 0 Å². The lowest BCUT2D eigenvalue weighted by atomic mass is 10.0. The highest BCUT2D eigenvalue weighted by Gasteiger charge is 2.32. The smallest absolute Gasteiger partial charge is 0.294 e. The van der Waals surface area contributed by atoms with Crippen molar-refractivity contribution < 1.29 is 31.1 Å². The minimum absolute atomic E-state index is 0.0880. The fourth-order valence-electron chi connectivity index (χ4n) is 3.05. The van der Waals surface area contributed by atoms with Crippen LogP contribution in [0, 0.1) is 6.92 Å². The van der Waals surface area contributed by atoms with Crippen molar-refractivity contribution >= 4 is 17.5 Å². The molecule has 3 aromatic carbocycles. The minimum Gasteiger partial charge on any atom is -0.294 e. The number of benzene rings is 3. The van der Waals surface area contributed by atoms with Crippen molar-refractivity contribution in [3.8, 4) is 0 Å². The van der Waals surface area contributed by atoms with Gasteiger partial charge in [0.1, 0.15) is 0 Å². The van der Waals surface area contributed by atoms with E-state index >= 15 is 0 Å². The summed E-state index contributed by atoms with van der Waals surface area (Å²) in [5, 5.41) is -0.672. The molecule has 3 rings (SSSR count). The van der Waals surface area contributed by atoms with Crippen molar-refractivity contribution in [2.45, 2.75) is 35.8 Å². The van der Waals surface area contributed by atoms with Crippen LogP contribution in [0.3, 0.4) is 0 Å². The van der Waals surface area contributed by atoms with Gasteiger partial charge in [-0.3, -0.25) is 4.79 Å². The molecule has 0 amide bonds. The molecular weight excluding hydrogens is 450 g/mol. The average molecular weight is 468 g/mol. The average Bonchev–Trinajstić information content (AvgIpc) is 2.73. The SMILES string of the molecule is Cc1ccc(C(=O)CC(Sc2cccc(C(F)(F)F)c2)c2ccc(C(F)(F)F)cc2)cc1. The molecule has 0 spiro atoms. The summed E-state index contributed by atoms with van der Waals surface area (Å²) in [4.78, 5) is 13.1. The van der Waals surface area contributed by atoms with E-state index in [-0.39, 0.29) is 17.1 Å². The molecule has 0 radical (unpaired) electrons. The Morgan fingerprint density at radius 1 is 0.812 bits per heavy atom. The predicted octanol–water partition coefficient (Wildman–Crippen LogP) is 8.14. The normalized spacial score (nSPS) is 13.1. The summed E-state index contributed by atoms with van der Waals surface area (Å²) in [6.45, 7) is 1.86. The summed E-state index contributed by atoms with van der Waals surface area (Å²) in [5.74, 6) is -0.255. The Bertz CT molecular complexity index is 1070. The first-order valence-electron chi connectivity index (χ1n) is 9.54. The lowest BCUT2D eigenvalue weighted by Gasteiger charge is -2.18. The second-order valence-corrected chi connectivity index (χ2v) is 8.52. The standard InChI is InChI=1S/C24H18F6OS/c1-15-5-7-16(8-6-15)21(31)14-22(17-9-11-18(12-10-17)23(25,26)27)32-20-4-2-3-19(13-20)24(28,29)30/h2-13,22H,14H2,1H3. The van der Waals surface area contributed by atoms with Gasteiger partial charge in [0, 0.05) is 22.1 Å². The molecule has 0 heterocycles. The zero-order valence-corrected chi connectivity index (χ0v) is 17.6. The molecule has 0 aliphatic carbocycles. The zero-order chi connectivity index (χ0) is 23.5. The fraction of sp³-hybridized carbons (Fsp3) is 0.208. The molecule has 32 heavy (non-hydrogen) atoms. The third-order valence-electron chi connectivity index (χ3n) is 4.79. The van der Waals surface area contributed by atoms with Crippen LogP contribution in [0.15, 0.2) is 77.7 Å². The topological polar surface area (TPSA) is 17.1 Å². The number of ketones is 1. The molecule has 8 heteroatoms. The highest BCUT2D eigenvalue weighted by molar-refractivity contribution is 7.99. The van der Waals surface area contributed by atoms with Gasteiger partial charge in [0.05, 0.1) is 11.1 Å². The van der Waals surface area contributed by atoms with E-state index in [4.69, 9.17) is 0 Å². The quantitative estimate of drug-likeness (QED) is 0.206.